The number of nitriles is 2. The molecule has 2 aromatic carbocycles. The molecule has 2 atom stereocenters. The van der Waals surface area contributed by atoms with Crippen LogP contribution in [0.5, 0.6) is 0 Å². The summed E-state index contributed by atoms with van der Waals surface area (Å²) in [6, 6.07) is 18.9. The van der Waals surface area contributed by atoms with Gasteiger partial charge in [-0.2, -0.15) is 10.5 Å². The molecule has 0 radical (unpaired) electrons. The lowest BCUT2D eigenvalue weighted by atomic mass is 9.49. The minimum absolute atomic E-state index is 0.634. The molecule has 0 heterocycles. The summed E-state index contributed by atoms with van der Waals surface area (Å²) in [5, 5.41) is 30.8. The maximum absolute atomic E-state index is 11.5. The zero-order valence-corrected chi connectivity index (χ0v) is 11.7. The van der Waals surface area contributed by atoms with Crippen LogP contribution in [-0.2, 0) is 11.1 Å². The molecular weight excluding hydrogens is 274 g/mol. The summed E-state index contributed by atoms with van der Waals surface area (Å²) in [6.07, 6.45) is 0. The highest BCUT2D eigenvalue weighted by Crippen LogP contribution is 2.60. The third kappa shape index (κ3) is 1.15. The van der Waals surface area contributed by atoms with Gasteiger partial charge in [-0.25, -0.2) is 0 Å². The SMILES string of the molecule is N#C[C@H]1[C@H](C#N)C2(O)c3ccccc3C1(N)c1ccccc12. The van der Waals surface area contributed by atoms with Crippen LogP contribution in [0.3, 0.4) is 0 Å². The summed E-state index contributed by atoms with van der Waals surface area (Å²) in [4.78, 5) is 0. The van der Waals surface area contributed by atoms with Crippen molar-refractivity contribution in [3.63, 3.8) is 0 Å². The van der Waals surface area contributed by atoms with Crippen LogP contribution in [0.25, 0.3) is 0 Å². The summed E-state index contributed by atoms with van der Waals surface area (Å²) < 4.78 is 0. The van der Waals surface area contributed by atoms with Crippen molar-refractivity contribution in [2.24, 2.45) is 17.6 Å². The largest absolute Gasteiger partial charge is 0.379 e. The Bertz CT molecular complexity index is 755. The van der Waals surface area contributed by atoms with Crippen molar-refractivity contribution >= 4 is 0 Å². The molecule has 0 unspecified atom stereocenters. The predicted octanol–water partition coefficient (Wildman–Crippen LogP) is 1.73. The van der Waals surface area contributed by atoms with Gasteiger partial charge >= 0.3 is 0 Å². The van der Waals surface area contributed by atoms with Crippen molar-refractivity contribution < 1.29 is 5.11 Å². The molecule has 0 saturated heterocycles. The van der Waals surface area contributed by atoms with Gasteiger partial charge in [0.1, 0.15) is 11.5 Å². The lowest BCUT2D eigenvalue weighted by Gasteiger charge is -2.56. The standard InChI is InChI=1S/C18H13N3O/c19-9-15-16(10-20)18(22)13-7-3-1-5-11(13)17(15,21)12-6-2-4-8-14(12)18/h1-8,15-16,22H,21H2/t15-,16-,17?,18?/m0/s1. The second kappa shape index (κ2) is 3.96. The summed E-state index contributed by atoms with van der Waals surface area (Å²) in [6.45, 7) is 0. The van der Waals surface area contributed by atoms with Gasteiger partial charge in [-0.15, -0.1) is 0 Å². The fourth-order valence-corrected chi connectivity index (χ4v) is 4.16. The van der Waals surface area contributed by atoms with E-state index in [1.54, 1.807) is 12.1 Å². The average molecular weight is 287 g/mol. The minimum atomic E-state index is -1.50. The van der Waals surface area contributed by atoms with E-state index in [1.807, 2.05) is 36.4 Å². The fraction of sp³-hybridized carbons (Fsp3) is 0.222. The summed E-state index contributed by atoms with van der Waals surface area (Å²) in [5.74, 6) is -1.69. The Morgan fingerprint density at radius 1 is 0.818 bits per heavy atom. The van der Waals surface area contributed by atoms with E-state index >= 15 is 0 Å². The number of nitrogens with two attached hydrogens (primary N) is 1. The van der Waals surface area contributed by atoms with Crippen LogP contribution in [0.4, 0.5) is 0 Å². The van der Waals surface area contributed by atoms with Crippen LogP contribution in [-0.4, -0.2) is 5.11 Å². The molecule has 3 aliphatic carbocycles. The van der Waals surface area contributed by atoms with Crippen molar-refractivity contribution in [2.75, 3.05) is 0 Å². The molecule has 0 amide bonds. The zero-order chi connectivity index (χ0) is 15.5. The molecule has 2 aromatic rings. The Kier molecular flexibility index (Phi) is 2.34. The van der Waals surface area contributed by atoms with Crippen LogP contribution >= 0.6 is 0 Å². The third-order valence-corrected chi connectivity index (χ3v) is 5.12. The van der Waals surface area contributed by atoms with Gasteiger partial charge in [0.2, 0.25) is 0 Å². The molecule has 22 heavy (non-hydrogen) atoms. The van der Waals surface area contributed by atoms with Gasteiger partial charge in [0, 0.05) is 0 Å². The quantitative estimate of drug-likeness (QED) is 0.771. The second-order valence-corrected chi connectivity index (χ2v) is 5.94. The van der Waals surface area contributed by atoms with Crippen molar-refractivity contribution in [1.29, 1.82) is 10.5 Å². The first kappa shape index (κ1) is 13.0. The lowest BCUT2D eigenvalue weighted by molar-refractivity contribution is -0.0194. The topological polar surface area (TPSA) is 93.8 Å². The molecule has 3 N–H and O–H groups in total. The number of benzene rings is 2. The normalized spacial score (nSPS) is 34.2. The number of nitrogens with zero attached hydrogens (tertiary/aromatic N) is 2. The summed E-state index contributed by atoms with van der Waals surface area (Å²) >= 11 is 0. The maximum Gasteiger partial charge on any atom is 0.132 e. The van der Waals surface area contributed by atoms with Crippen molar-refractivity contribution in [3.05, 3.63) is 70.8 Å². The molecular formula is C18H13N3O. The first-order chi connectivity index (χ1) is 10.6. The Morgan fingerprint density at radius 3 is 1.64 bits per heavy atom. The molecule has 0 saturated carbocycles. The molecule has 0 aromatic heterocycles. The predicted molar refractivity (Wildman–Crippen MR) is 79.1 cm³/mol. The van der Waals surface area contributed by atoms with Gasteiger partial charge in [0.25, 0.3) is 0 Å². The van der Waals surface area contributed by atoms with Crippen molar-refractivity contribution in [2.45, 2.75) is 11.1 Å². The minimum Gasteiger partial charge on any atom is -0.379 e. The fourth-order valence-electron chi connectivity index (χ4n) is 4.16. The Hall–Kier alpha value is -2.66. The smallest absolute Gasteiger partial charge is 0.132 e. The van der Waals surface area contributed by atoms with Gasteiger partial charge in [0.15, 0.2) is 0 Å². The van der Waals surface area contributed by atoms with Crippen LogP contribution < -0.4 is 5.73 Å². The van der Waals surface area contributed by atoms with E-state index in [1.165, 1.54) is 0 Å². The van der Waals surface area contributed by atoms with Gasteiger partial charge in [-0.1, -0.05) is 48.5 Å². The van der Waals surface area contributed by atoms with E-state index in [9.17, 15) is 15.6 Å². The maximum atomic E-state index is 11.5. The Labute approximate surface area is 128 Å². The average Bonchev–Trinajstić information content (AvgIpc) is 2.57. The van der Waals surface area contributed by atoms with Crippen molar-refractivity contribution in [1.82, 2.24) is 0 Å². The van der Waals surface area contributed by atoms with Gasteiger partial charge in [0.05, 0.1) is 23.6 Å². The highest BCUT2D eigenvalue weighted by atomic mass is 16.3. The van der Waals surface area contributed by atoms with Crippen molar-refractivity contribution in [3.8, 4) is 12.1 Å². The van der Waals surface area contributed by atoms with Crippen LogP contribution in [0, 0.1) is 34.5 Å². The van der Waals surface area contributed by atoms with Gasteiger partial charge in [-0.05, 0) is 22.3 Å². The number of aliphatic hydroxyl groups is 1. The summed E-state index contributed by atoms with van der Waals surface area (Å²) in [5.41, 5.74) is 6.87. The number of hydrogen-bond acceptors (Lipinski definition) is 4. The first-order valence-electron chi connectivity index (χ1n) is 7.10. The molecule has 5 rings (SSSR count). The summed E-state index contributed by atoms with van der Waals surface area (Å²) in [7, 11) is 0. The molecule has 4 heteroatoms. The molecule has 0 fully saturated rings. The molecule has 4 nitrogen and oxygen atoms in total. The van der Waals surface area contributed by atoms with E-state index in [2.05, 4.69) is 12.1 Å². The molecule has 2 bridgehead atoms. The van der Waals surface area contributed by atoms with Crippen LogP contribution in [0.2, 0.25) is 0 Å². The van der Waals surface area contributed by atoms with E-state index in [0.717, 1.165) is 11.1 Å². The third-order valence-electron chi connectivity index (χ3n) is 5.12. The van der Waals surface area contributed by atoms with E-state index in [-0.39, 0.29) is 0 Å². The van der Waals surface area contributed by atoms with Crippen LogP contribution in [0.15, 0.2) is 48.5 Å². The Morgan fingerprint density at radius 2 is 1.23 bits per heavy atom. The number of hydrogen-bond donors (Lipinski definition) is 2. The van der Waals surface area contributed by atoms with E-state index in [0.29, 0.717) is 11.1 Å². The highest BCUT2D eigenvalue weighted by Gasteiger charge is 2.64. The van der Waals surface area contributed by atoms with Gasteiger partial charge < -0.3 is 10.8 Å². The molecule has 106 valence electrons. The number of rotatable bonds is 0. The van der Waals surface area contributed by atoms with Crippen LogP contribution in [0.1, 0.15) is 22.3 Å². The molecule has 0 aliphatic heterocycles. The zero-order valence-electron chi connectivity index (χ0n) is 11.7. The molecule has 0 spiro atoms. The second-order valence-electron chi connectivity index (χ2n) is 5.94. The Balaban J connectivity index is 2.22. The monoisotopic (exact) mass is 287 g/mol. The highest BCUT2D eigenvalue weighted by molar-refractivity contribution is 5.63. The lowest BCUT2D eigenvalue weighted by Crippen LogP contribution is -2.63. The van der Waals surface area contributed by atoms with E-state index < -0.39 is 23.0 Å². The van der Waals surface area contributed by atoms with Gasteiger partial charge in [-0.3, -0.25) is 0 Å². The first-order valence-corrected chi connectivity index (χ1v) is 7.10. The number of fused-ring (bicyclic) bond motifs is 1. The van der Waals surface area contributed by atoms with E-state index in [4.69, 9.17) is 5.73 Å². The molecule has 3 aliphatic rings.